The van der Waals surface area contributed by atoms with Gasteiger partial charge in [0.15, 0.2) is 0 Å². The molecule has 0 saturated carbocycles. The monoisotopic (exact) mass is 300 g/mol. The number of rotatable bonds is 2. The molecular formula is C16H17FN4O. The highest BCUT2D eigenvalue weighted by Crippen LogP contribution is 2.35. The minimum atomic E-state index is -0.247. The van der Waals surface area contributed by atoms with Crippen LogP contribution in [0.5, 0.6) is 0 Å². The van der Waals surface area contributed by atoms with Crippen molar-refractivity contribution in [2.24, 2.45) is 21.7 Å². The van der Waals surface area contributed by atoms with Gasteiger partial charge in [-0.1, -0.05) is 12.1 Å². The third kappa shape index (κ3) is 2.72. The molecule has 1 atom stereocenters. The first-order valence-corrected chi connectivity index (χ1v) is 7.03. The van der Waals surface area contributed by atoms with Crippen LogP contribution in [0.3, 0.4) is 0 Å². The van der Waals surface area contributed by atoms with Gasteiger partial charge in [0.1, 0.15) is 11.6 Å². The van der Waals surface area contributed by atoms with Crippen LogP contribution >= 0.6 is 0 Å². The summed E-state index contributed by atoms with van der Waals surface area (Å²) in [6.07, 6.45) is 3.13. The SMILES string of the molecule is Cc1coc2c1C(=NN=C(N)N)CC(c1ccc(F)cc1)C2. The molecule has 0 bridgehead atoms. The maximum Gasteiger partial charge on any atom is 0.211 e. The van der Waals surface area contributed by atoms with Crippen LogP contribution in [0, 0.1) is 12.7 Å². The van der Waals surface area contributed by atoms with Gasteiger partial charge in [-0.3, -0.25) is 0 Å². The summed E-state index contributed by atoms with van der Waals surface area (Å²) < 4.78 is 18.7. The molecule has 0 amide bonds. The lowest BCUT2D eigenvalue weighted by Gasteiger charge is -2.23. The second-order valence-electron chi connectivity index (χ2n) is 5.45. The molecular weight excluding hydrogens is 283 g/mol. The Kier molecular flexibility index (Phi) is 3.66. The van der Waals surface area contributed by atoms with Gasteiger partial charge >= 0.3 is 0 Å². The summed E-state index contributed by atoms with van der Waals surface area (Å²) in [5.41, 5.74) is 14.5. The molecule has 0 saturated heterocycles. The zero-order valence-corrected chi connectivity index (χ0v) is 12.2. The molecule has 0 radical (unpaired) electrons. The fourth-order valence-electron chi connectivity index (χ4n) is 2.85. The first-order chi connectivity index (χ1) is 10.5. The highest BCUT2D eigenvalue weighted by atomic mass is 19.1. The van der Waals surface area contributed by atoms with E-state index in [0.717, 1.165) is 34.6 Å². The average Bonchev–Trinajstić information content (AvgIpc) is 2.87. The van der Waals surface area contributed by atoms with E-state index in [1.165, 1.54) is 12.1 Å². The Morgan fingerprint density at radius 3 is 2.64 bits per heavy atom. The third-order valence-corrected chi connectivity index (χ3v) is 3.84. The molecule has 1 aliphatic rings. The van der Waals surface area contributed by atoms with Crippen molar-refractivity contribution in [1.82, 2.24) is 0 Å². The quantitative estimate of drug-likeness (QED) is 0.507. The summed E-state index contributed by atoms with van der Waals surface area (Å²) in [6, 6.07) is 6.51. The van der Waals surface area contributed by atoms with Crippen molar-refractivity contribution >= 4 is 11.7 Å². The molecule has 0 aliphatic heterocycles. The number of furan rings is 1. The topological polar surface area (TPSA) is 89.9 Å². The van der Waals surface area contributed by atoms with Gasteiger partial charge in [-0.25, -0.2) is 4.39 Å². The Labute approximate surface area is 127 Å². The van der Waals surface area contributed by atoms with E-state index in [0.29, 0.717) is 6.42 Å². The molecule has 22 heavy (non-hydrogen) atoms. The van der Waals surface area contributed by atoms with Gasteiger partial charge in [-0.2, -0.15) is 5.10 Å². The van der Waals surface area contributed by atoms with Crippen LogP contribution in [0.25, 0.3) is 0 Å². The van der Waals surface area contributed by atoms with Crippen LogP contribution in [0.4, 0.5) is 4.39 Å². The summed E-state index contributed by atoms with van der Waals surface area (Å²) in [5, 5.41) is 7.94. The van der Waals surface area contributed by atoms with E-state index in [9.17, 15) is 4.39 Å². The van der Waals surface area contributed by atoms with Gasteiger partial charge in [0.2, 0.25) is 5.96 Å². The van der Waals surface area contributed by atoms with Crippen LogP contribution in [0.2, 0.25) is 0 Å². The number of hydrogen-bond acceptors (Lipinski definition) is 3. The average molecular weight is 300 g/mol. The first kappa shape index (κ1) is 14.3. The highest BCUT2D eigenvalue weighted by molar-refractivity contribution is 6.04. The predicted octanol–water partition coefficient (Wildman–Crippen LogP) is 2.43. The minimum absolute atomic E-state index is 0.0842. The lowest BCUT2D eigenvalue weighted by atomic mass is 9.81. The number of nitrogens with two attached hydrogens (primary N) is 2. The maximum absolute atomic E-state index is 13.1. The number of fused-ring (bicyclic) bond motifs is 1. The van der Waals surface area contributed by atoms with E-state index in [1.807, 2.05) is 6.92 Å². The standard InChI is InChI=1S/C16H17FN4O/c1-9-8-22-14-7-11(10-2-4-12(17)5-3-10)6-13(15(9)14)20-21-16(18)19/h2-5,8,11H,6-7H2,1H3,(H4,18,19,21). The minimum Gasteiger partial charge on any atom is -0.468 e. The molecule has 5 nitrogen and oxygen atoms in total. The van der Waals surface area contributed by atoms with Crippen molar-refractivity contribution in [2.75, 3.05) is 0 Å². The molecule has 0 spiro atoms. The number of halogens is 1. The lowest BCUT2D eigenvalue weighted by molar-refractivity contribution is 0.480. The number of nitrogens with zero attached hydrogens (tertiary/aromatic N) is 2. The van der Waals surface area contributed by atoms with Crippen molar-refractivity contribution < 1.29 is 8.81 Å². The fraction of sp³-hybridized carbons (Fsp3) is 0.250. The summed E-state index contributed by atoms with van der Waals surface area (Å²) in [6.45, 7) is 1.96. The number of aryl methyl sites for hydroxylation is 1. The Morgan fingerprint density at radius 1 is 1.23 bits per heavy atom. The van der Waals surface area contributed by atoms with Gasteiger partial charge in [-0.05, 0) is 42.5 Å². The number of benzene rings is 1. The number of guanidine groups is 1. The van der Waals surface area contributed by atoms with Crippen molar-refractivity contribution in [2.45, 2.75) is 25.7 Å². The molecule has 114 valence electrons. The van der Waals surface area contributed by atoms with Gasteiger partial charge in [-0.15, -0.1) is 5.10 Å². The smallest absolute Gasteiger partial charge is 0.211 e. The first-order valence-electron chi connectivity index (χ1n) is 7.03. The Morgan fingerprint density at radius 2 is 1.95 bits per heavy atom. The van der Waals surface area contributed by atoms with Crippen LogP contribution < -0.4 is 11.5 Å². The Hall–Kier alpha value is -2.63. The van der Waals surface area contributed by atoms with Gasteiger partial charge in [0.05, 0.1) is 12.0 Å². The molecule has 1 aromatic carbocycles. The van der Waals surface area contributed by atoms with E-state index in [4.69, 9.17) is 15.9 Å². The van der Waals surface area contributed by atoms with Gasteiger partial charge < -0.3 is 15.9 Å². The molecule has 0 fully saturated rings. The van der Waals surface area contributed by atoms with Gasteiger partial charge in [0, 0.05) is 12.0 Å². The molecule has 1 aliphatic carbocycles. The molecule has 3 rings (SSSR count). The van der Waals surface area contributed by atoms with Crippen LogP contribution in [-0.2, 0) is 6.42 Å². The molecule has 4 N–H and O–H groups in total. The van der Waals surface area contributed by atoms with Crippen molar-refractivity contribution in [3.8, 4) is 0 Å². The van der Waals surface area contributed by atoms with Crippen LogP contribution in [0.1, 0.15) is 34.8 Å². The maximum atomic E-state index is 13.1. The lowest BCUT2D eigenvalue weighted by Crippen LogP contribution is -2.23. The zero-order chi connectivity index (χ0) is 15.7. The van der Waals surface area contributed by atoms with Crippen LogP contribution in [-0.4, -0.2) is 11.7 Å². The normalized spacial score (nSPS) is 19.0. The fourth-order valence-corrected chi connectivity index (χ4v) is 2.85. The summed E-state index contributed by atoms with van der Waals surface area (Å²) >= 11 is 0. The molecule has 1 heterocycles. The predicted molar refractivity (Wildman–Crippen MR) is 83.3 cm³/mol. The van der Waals surface area contributed by atoms with Gasteiger partial charge in [0.25, 0.3) is 0 Å². The summed E-state index contributed by atoms with van der Waals surface area (Å²) in [5.74, 6) is 0.691. The third-order valence-electron chi connectivity index (χ3n) is 3.84. The number of hydrogen-bond donors (Lipinski definition) is 2. The van der Waals surface area contributed by atoms with E-state index < -0.39 is 0 Å². The largest absolute Gasteiger partial charge is 0.468 e. The zero-order valence-electron chi connectivity index (χ0n) is 12.2. The van der Waals surface area contributed by atoms with E-state index in [2.05, 4.69) is 10.2 Å². The van der Waals surface area contributed by atoms with E-state index >= 15 is 0 Å². The van der Waals surface area contributed by atoms with E-state index in [1.54, 1.807) is 18.4 Å². The molecule has 1 unspecified atom stereocenters. The molecule has 1 aromatic heterocycles. The summed E-state index contributed by atoms with van der Waals surface area (Å²) in [7, 11) is 0. The molecule has 6 heteroatoms. The van der Waals surface area contributed by atoms with Crippen molar-refractivity contribution in [1.29, 1.82) is 0 Å². The van der Waals surface area contributed by atoms with Crippen molar-refractivity contribution in [3.05, 3.63) is 58.8 Å². The second-order valence-corrected chi connectivity index (χ2v) is 5.45. The second kappa shape index (κ2) is 5.63. The highest BCUT2D eigenvalue weighted by Gasteiger charge is 2.29. The van der Waals surface area contributed by atoms with Crippen LogP contribution in [0.15, 0.2) is 45.1 Å². The Bertz CT molecular complexity index is 742. The van der Waals surface area contributed by atoms with Crippen molar-refractivity contribution in [3.63, 3.8) is 0 Å². The summed E-state index contributed by atoms with van der Waals surface area (Å²) in [4.78, 5) is 0. The van der Waals surface area contributed by atoms with E-state index in [-0.39, 0.29) is 17.7 Å². The molecule has 2 aromatic rings. The Balaban J connectivity index is 2.00.